The van der Waals surface area contributed by atoms with Crippen LogP contribution in [0.15, 0.2) is 42.5 Å². The van der Waals surface area contributed by atoms with Crippen LogP contribution in [0.1, 0.15) is 17.5 Å². The number of nitrogen functional groups attached to an aromatic ring is 1. The number of esters is 1. The van der Waals surface area contributed by atoms with Gasteiger partial charge in [0.15, 0.2) is 0 Å². The highest BCUT2D eigenvalue weighted by Gasteiger charge is 2.06. The van der Waals surface area contributed by atoms with Crippen molar-refractivity contribution in [2.24, 2.45) is 0 Å². The van der Waals surface area contributed by atoms with E-state index >= 15 is 0 Å². The Morgan fingerprint density at radius 1 is 1.14 bits per heavy atom. The van der Waals surface area contributed by atoms with Crippen LogP contribution in [0.3, 0.4) is 0 Å². The van der Waals surface area contributed by atoms with E-state index in [2.05, 4.69) is 0 Å². The Morgan fingerprint density at radius 3 is 2.48 bits per heavy atom. The third-order valence-corrected chi connectivity index (χ3v) is 3.29. The van der Waals surface area contributed by atoms with Gasteiger partial charge in [-0.1, -0.05) is 29.8 Å². The van der Waals surface area contributed by atoms with Crippen LogP contribution in [-0.2, 0) is 22.6 Å². The van der Waals surface area contributed by atoms with Crippen molar-refractivity contribution in [3.8, 4) is 0 Å². The van der Waals surface area contributed by atoms with Gasteiger partial charge in [0.2, 0.25) is 0 Å². The number of ether oxygens (including phenoxy) is 1. The second-order valence-electron chi connectivity index (χ2n) is 4.65. The molecule has 3 nitrogen and oxygen atoms in total. The first-order valence-corrected chi connectivity index (χ1v) is 6.86. The van der Waals surface area contributed by atoms with Crippen LogP contribution in [0.2, 0.25) is 5.02 Å². The first kappa shape index (κ1) is 15.3. The van der Waals surface area contributed by atoms with Gasteiger partial charge in [-0.15, -0.1) is 0 Å². The summed E-state index contributed by atoms with van der Waals surface area (Å²) < 4.78 is 18.3. The van der Waals surface area contributed by atoms with Crippen molar-refractivity contribution >= 4 is 23.3 Å². The van der Waals surface area contributed by atoms with Gasteiger partial charge in [0.25, 0.3) is 0 Å². The van der Waals surface area contributed by atoms with Crippen molar-refractivity contribution in [3.63, 3.8) is 0 Å². The second-order valence-corrected chi connectivity index (χ2v) is 5.06. The number of carbonyl (C=O) groups excluding carboxylic acids is 1. The van der Waals surface area contributed by atoms with Crippen LogP contribution < -0.4 is 5.73 Å². The Morgan fingerprint density at radius 2 is 1.81 bits per heavy atom. The van der Waals surface area contributed by atoms with E-state index in [1.807, 2.05) is 12.1 Å². The van der Waals surface area contributed by atoms with Crippen LogP contribution in [0, 0.1) is 5.82 Å². The second kappa shape index (κ2) is 7.09. The lowest BCUT2D eigenvalue weighted by Crippen LogP contribution is -2.06. The van der Waals surface area contributed by atoms with Gasteiger partial charge >= 0.3 is 5.97 Å². The van der Waals surface area contributed by atoms with Crippen LogP contribution in [-0.4, -0.2) is 5.97 Å². The molecule has 0 atom stereocenters. The smallest absolute Gasteiger partial charge is 0.306 e. The van der Waals surface area contributed by atoms with Crippen LogP contribution in [0.5, 0.6) is 0 Å². The average Bonchev–Trinajstić information content (AvgIpc) is 2.48. The molecule has 5 heteroatoms. The maximum Gasteiger partial charge on any atom is 0.306 e. The lowest BCUT2D eigenvalue weighted by atomic mass is 10.1. The monoisotopic (exact) mass is 307 g/mol. The summed E-state index contributed by atoms with van der Waals surface area (Å²) in [6.45, 7) is 0.0364. The molecule has 2 N–H and O–H groups in total. The third-order valence-electron chi connectivity index (χ3n) is 2.98. The fourth-order valence-electron chi connectivity index (χ4n) is 1.80. The summed E-state index contributed by atoms with van der Waals surface area (Å²) in [5.74, 6) is -0.853. The first-order chi connectivity index (χ1) is 10.0. The molecule has 0 bridgehead atoms. The van der Waals surface area contributed by atoms with E-state index in [1.54, 1.807) is 18.2 Å². The number of nitrogens with two attached hydrogens (primary N) is 1. The normalized spacial score (nSPS) is 10.4. The minimum atomic E-state index is -0.521. The van der Waals surface area contributed by atoms with E-state index in [4.69, 9.17) is 22.1 Å². The maximum absolute atomic E-state index is 13.2. The minimum Gasteiger partial charge on any atom is -0.461 e. The topological polar surface area (TPSA) is 52.3 Å². The highest BCUT2D eigenvalue weighted by atomic mass is 35.5. The highest BCUT2D eigenvalue weighted by molar-refractivity contribution is 6.30. The van der Waals surface area contributed by atoms with Crippen molar-refractivity contribution in [2.75, 3.05) is 5.73 Å². The Labute approximate surface area is 127 Å². The Bertz CT molecular complexity index is 629. The molecular weight excluding hydrogens is 293 g/mol. The van der Waals surface area contributed by atoms with Gasteiger partial charge in [0.1, 0.15) is 12.4 Å². The zero-order valence-electron chi connectivity index (χ0n) is 11.3. The maximum atomic E-state index is 13.2. The van der Waals surface area contributed by atoms with Crippen molar-refractivity contribution in [1.82, 2.24) is 0 Å². The zero-order valence-corrected chi connectivity index (χ0v) is 12.1. The number of hydrogen-bond acceptors (Lipinski definition) is 3. The van der Waals surface area contributed by atoms with Crippen LogP contribution >= 0.6 is 11.6 Å². The van der Waals surface area contributed by atoms with E-state index in [0.29, 0.717) is 17.7 Å². The number of rotatable bonds is 5. The van der Waals surface area contributed by atoms with E-state index in [0.717, 1.165) is 5.56 Å². The molecule has 0 aliphatic rings. The summed E-state index contributed by atoms with van der Waals surface area (Å²) in [4.78, 5) is 11.6. The van der Waals surface area contributed by atoms with Gasteiger partial charge in [0, 0.05) is 12.1 Å². The van der Waals surface area contributed by atoms with E-state index in [1.165, 1.54) is 12.1 Å². The standard InChI is InChI=1S/C16H15ClFNO2/c17-14-7-3-12(9-15(14)18)10-21-16(20)8-4-11-1-5-13(19)6-2-11/h1-3,5-7,9H,4,8,10,19H2. The molecule has 2 rings (SSSR count). The molecule has 0 amide bonds. The number of aryl methyl sites for hydroxylation is 1. The first-order valence-electron chi connectivity index (χ1n) is 6.48. The summed E-state index contributed by atoms with van der Waals surface area (Å²) in [6, 6.07) is 11.6. The molecule has 0 aliphatic heterocycles. The minimum absolute atomic E-state index is 0.0364. The summed E-state index contributed by atoms with van der Waals surface area (Å²) in [5.41, 5.74) is 7.85. The summed E-state index contributed by atoms with van der Waals surface area (Å²) in [6.07, 6.45) is 0.841. The Hall–Kier alpha value is -2.07. The third kappa shape index (κ3) is 4.76. The van der Waals surface area contributed by atoms with Gasteiger partial charge in [-0.3, -0.25) is 4.79 Å². The van der Waals surface area contributed by atoms with E-state index in [9.17, 15) is 9.18 Å². The van der Waals surface area contributed by atoms with Gasteiger partial charge in [-0.05, 0) is 41.8 Å². The van der Waals surface area contributed by atoms with Gasteiger partial charge in [-0.2, -0.15) is 0 Å². The molecule has 0 aliphatic carbocycles. The lowest BCUT2D eigenvalue weighted by molar-refractivity contribution is -0.144. The largest absolute Gasteiger partial charge is 0.461 e. The average molecular weight is 308 g/mol. The highest BCUT2D eigenvalue weighted by Crippen LogP contribution is 2.16. The predicted molar refractivity (Wildman–Crippen MR) is 80.4 cm³/mol. The van der Waals surface area contributed by atoms with Crippen LogP contribution in [0.4, 0.5) is 10.1 Å². The van der Waals surface area contributed by atoms with Gasteiger partial charge in [-0.25, -0.2) is 4.39 Å². The van der Waals surface area contributed by atoms with Gasteiger partial charge < -0.3 is 10.5 Å². The molecular formula is C16H15ClFNO2. The molecule has 0 heterocycles. The quantitative estimate of drug-likeness (QED) is 0.676. The number of benzene rings is 2. The Kier molecular flexibility index (Phi) is 5.17. The predicted octanol–water partition coefficient (Wildman–Crippen LogP) is 3.74. The fraction of sp³-hybridized carbons (Fsp3) is 0.188. The number of anilines is 1. The molecule has 0 saturated heterocycles. The Balaban J connectivity index is 1.79. The lowest BCUT2D eigenvalue weighted by Gasteiger charge is -2.06. The number of halogens is 2. The molecule has 0 aromatic heterocycles. The molecule has 0 radical (unpaired) electrons. The molecule has 0 saturated carbocycles. The molecule has 0 spiro atoms. The van der Waals surface area contributed by atoms with Crippen molar-refractivity contribution in [2.45, 2.75) is 19.4 Å². The molecule has 2 aromatic carbocycles. The van der Waals surface area contributed by atoms with Gasteiger partial charge in [0.05, 0.1) is 5.02 Å². The van der Waals surface area contributed by atoms with Crippen molar-refractivity contribution < 1.29 is 13.9 Å². The van der Waals surface area contributed by atoms with Crippen molar-refractivity contribution in [1.29, 1.82) is 0 Å². The molecule has 0 unspecified atom stereocenters. The fourth-order valence-corrected chi connectivity index (χ4v) is 1.91. The summed E-state index contributed by atoms with van der Waals surface area (Å²) in [5, 5.41) is 0.0495. The van der Waals surface area contributed by atoms with Crippen LogP contribution in [0.25, 0.3) is 0 Å². The van der Waals surface area contributed by atoms with E-state index in [-0.39, 0.29) is 24.0 Å². The molecule has 110 valence electrons. The SMILES string of the molecule is Nc1ccc(CCC(=O)OCc2ccc(Cl)c(F)c2)cc1. The number of hydrogen-bond donors (Lipinski definition) is 1. The zero-order chi connectivity index (χ0) is 15.2. The molecule has 2 aromatic rings. The number of carbonyl (C=O) groups is 1. The summed E-state index contributed by atoms with van der Waals surface area (Å²) in [7, 11) is 0. The molecule has 21 heavy (non-hydrogen) atoms. The summed E-state index contributed by atoms with van der Waals surface area (Å²) >= 11 is 5.58. The van der Waals surface area contributed by atoms with E-state index < -0.39 is 5.82 Å². The van der Waals surface area contributed by atoms with Crippen molar-refractivity contribution in [3.05, 3.63) is 64.4 Å². The molecule has 0 fully saturated rings.